The van der Waals surface area contributed by atoms with Crippen LogP contribution < -0.4 is 10.6 Å². The van der Waals surface area contributed by atoms with Gasteiger partial charge in [-0.1, -0.05) is 20.8 Å². The van der Waals surface area contributed by atoms with E-state index >= 15 is 0 Å². The van der Waals surface area contributed by atoms with E-state index in [1.54, 1.807) is 0 Å². The van der Waals surface area contributed by atoms with Crippen LogP contribution in [-0.2, 0) is 4.74 Å². The van der Waals surface area contributed by atoms with Gasteiger partial charge in [-0.3, -0.25) is 0 Å². The maximum absolute atomic E-state index is 12.1. The molecule has 0 aromatic heterocycles. The van der Waals surface area contributed by atoms with Crippen molar-refractivity contribution in [2.75, 3.05) is 6.61 Å². The molecular formula is C15H30N2O3. The predicted molar refractivity (Wildman–Crippen MR) is 79.6 cm³/mol. The van der Waals surface area contributed by atoms with Crippen LogP contribution in [0.25, 0.3) is 0 Å². The number of carbonyl (C=O) groups excluding carboxylic acids is 1. The standard InChI is InChI=1S/C15H30N2O3/c1-10-8-12(9-11(2)20-10)16-14(19)17-13(6-7-18)15(3,4)5/h10-13,18H,6-9H2,1-5H3,(H2,16,17,19)/t10-,11-,13-/m1/s1. The number of hydrogen-bond acceptors (Lipinski definition) is 3. The summed E-state index contributed by atoms with van der Waals surface area (Å²) in [6.07, 6.45) is 2.62. The van der Waals surface area contributed by atoms with Crippen LogP contribution in [0.15, 0.2) is 0 Å². The van der Waals surface area contributed by atoms with E-state index in [0.29, 0.717) is 6.42 Å². The van der Waals surface area contributed by atoms with Crippen molar-refractivity contribution in [1.29, 1.82) is 0 Å². The molecule has 20 heavy (non-hydrogen) atoms. The first-order valence-corrected chi connectivity index (χ1v) is 7.55. The first kappa shape index (κ1) is 17.2. The van der Waals surface area contributed by atoms with Crippen molar-refractivity contribution < 1.29 is 14.6 Å². The molecule has 0 bridgehead atoms. The Morgan fingerprint density at radius 3 is 2.30 bits per heavy atom. The Bertz CT molecular complexity index is 305. The van der Waals surface area contributed by atoms with E-state index in [4.69, 9.17) is 9.84 Å². The molecule has 3 atom stereocenters. The molecule has 0 aliphatic carbocycles. The number of aliphatic hydroxyl groups is 1. The van der Waals surface area contributed by atoms with Gasteiger partial charge in [0, 0.05) is 18.7 Å². The molecule has 1 saturated heterocycles. The molecule has 0 radical (unpaired) electrons. The van der Waals surface area contributed by atoms with Gasteiger partial charge < -0.3 is 20.5 Å². The highest BCUT2D eigenvalue weighted by molar-refractivity contribution is 5.74. The van der Waals surface area contributed by atoms with E-state index < -0.39 is 0 Å². The lowest BCUT2D eigenvalue weighted by Crippen LogP contribution is -2.52. The highest BCUT2D eigenvalue weighted by Gasteiger charge is 2.29. The van der Waals surface area contributed by atoms with Crippen molar-refractivity contribution in [1.82, 2.24) is 10.6 Å². The van der Waals surface area contributed by atoms with Crippen molar-refractivity contribution in [2.45, 2.75) is 78.2 Å². The minimum atomic E-state index is -0.148. The fraction of sp³-hybridized carbons (Fsp3) is 0.933. The first-order valence-electron chi connectivity index (χ1n) is 7.55. The molecule has 0 aromatic carbocycles. The summed E-state index contributed by atoms with van der Waals surface area (Å²) in [4.78, 5) is 12.1. The highest BCUT2D eigenvalue weighted by atomic mass is 16.5. The minimum Gasteiger partial charge on any atom is -0.396 e. The second-order valence-electron chi connectivity index (χ2n) is 6.97. The van der Waals surface area contributed by atoms with E-state index in [1.807, 2.05) is 13.8 Å². The molecule has 1 rings (SSSR count). The summed E-state index contributed by atoms with van der Waals surface area (Å²) in [5, 5.41) is 15.1. The van der Waals surface area contributed by atoms with Gasteiger partial charge in [-0.15, -0.1) is 0 Å². The van der Waals surface area contributed by atoms with Crippen molar-refractivity contribution in [3.05, 3.63) is 0 Å². The molecule has 5 heteroatoms. The summed E-state index contributed by atoms with van der Waals surface area (Å²) >= 11 is 0. The molecule has 3 N–H and O–H groups in total. The van der Waals surface area contributed by atoms with E-state index in [9.17, 15) is 4.79 Å². The fourth-order valence-electron chi connectivity index (χ4n) is 2.76. The molecule has 5 nitrogen and oxygen atoms in total. The van der Waals surface area contributed by atoms with Gasteiger partial charge in [0.05, 0.1) is 12.2 Å². The lowest BCUT2D eigenvalue weighted by molar-refractivity contribution is -0.0402. The van der Waals surface area contributed by atoms with Gasteiger partial charge in [-0.05, 0) is 38.5 Å². The second kappa shape index (κ2) is 7.27. The zero-order valence-corrected chi connectivity index (χ0v) is 13.4. The Kier molecular flexibility index (Phi) is 6.27. The smallest absolute Gasteiger partial charge is 0.315 e. The number of ether oxygens (including phenoxy) is 1. The van der Waals surface area contributed by atoms with Crippen LogP contribution in [0.1, 0.15) is 53.9 Å². The van der Waals surface area contributed by atoms with Gasteiger partial charge in [-0.25, -0.2) is 4.79 Å². The highest BCUT2D eigenvalue weighted by Crippen LogP contribution is 2.22. The van der Waals surface area contributed by atoms with Crippen molar-refractivity contribution >= 4 is 6.03 Å². The maximum Gasteiger partial charge on any atom is 0.315 e. The minimum absolute atomic E-state index is 0.0396. The molecule has 1 aliphatic heterocycles. The molecule has 2 amide bonds. The van der Waals surface area contributed by atoms with Gasteiger partial charge in [0.1, 0.15) is 0 Å². The first-order chi connectivity index (χ1) is 9.22. The molecule has 0 spiro atoms. The number of urea groups is 1. The number of nitrogens with one attached hydrogen (secondary N) is 2. The van der Waals surface area contributed by atoms with Crippen LogP contribution in [0, 0.1) is 5.41 Å². The topological polar surface area (TPSA) is 70.6 Å². The number of amides is 2. The summed E-state index contributed by atoms with van der Waals surface area (Å²) in [5.74, 6) is 0. The Morgan fingerprint density at radius 1 is 1.30 bits per heavy atom. The molecule has 0 unspecified atom stereocenters. The molecule has 1 fully saturated rings. The van der Waals surface area contributed by atoms with E-state index in [1.165, 1.54) is 0 Å². The summed E-state index contributed by atoms with van der Waals surface area (Å²) in [7, 11) is 0. The SMILES string of the molecule is C[C@@H]1CC(NC(=O)N[C@H](CCO)C(C)(C)C)C[C@@H](C)O1. The number of hydrogen-bond donors (Lipinski definition) is 3. The largest absolute Gasteiger partial charge is 0.396 e. The van der Waals surface area contributed by atoms with Crippen molar-refractivity contribution in [3.8, 4) is 0 Å². The Labute approximate surface area is 122 Å². The average molecular weight is 286 g/mol. The summed E-state index contributed by atoms with van der Waals surface area (Å²) in [6, 6.07) is -0.0321. The van der Waals surface area contributed by atoms with E-state index in [-0.39, 0.29) is 42.3 Å². The molecular weight excluding hydrogens is 256 g/mol. The van der Waals surface area contributed by atoms with Crippen LogP contribution in [-0.4, -0.2) is 42.0 Å². The van der Waals surface area contributed by atoms with Crippen LogP contribution in [0.4, 0.5) is 4.79 Å². The van der Waals surface area contributed by atoms with Gasteiger partial charge >= 0.3 is 6.03 Å². The number of rotatable bonds is 4. The number of aliphatic hydroxyl groups excluding tert-OH is 1. The molecule has 118 valence electrons. The van der Waals surface area contributed by atoms with Crippen LogP contribution in [0.3, 0.4) is 0 Å². The third-order valence-corrected chi connectivity index (χ3v) is 3.80. The molecule has 1 aliphatic rings. The van der Waals surface area contributed by atoms with E-state index in [2.05, 4.69) is 31.4 Å². The third-order valence-electron chi connectivity index (χ3n) is 3.80. The predicted octanol–water partition coefficient (Wildman–Crippen LogP) is 2.04. The normalized spacial score (nSPS) is 28.8. The zero-order valence-electron chi connectivity index (χ0n) is 13.4. The van der Waals surface area contributed by atoms with Crippen LogP contribution >= 0.6 is 0 Å². The number of carbonyl (C=O) groups is 1. The monoisotopic (exact) mass is 286 g/mol. The van der Waals surface area contributed by atoms with Gasteiger partial charge in [0.25, 0.3) is 0 Å². The van der Waals surface area contributed by atoms with Crippen LogP contribution in [0.2, 0.25) is 0 Å². The molecule has 1 heterocycles. The Hall–Kier alpha value is -0.810. The zero-order chi connectivity index (χ0) is 15.3. The average Bonchev–Trinajstić information content (AvgIpc) is 2.25. The maximum atomic E-state index is 12.1. The van der Waals surface area contributed by atoms with Crippen molar-refractivity contribution in [2.24, 2.45) is 5.41 Å². The van der Waals surface area contributed by atoms with E-state index in [0.717, 1.165) is 12.8 Å². The lowest BCUT2D eigenvalue weighted by atomic mass is 9.85. The third kappa shape index (κ3) is 5.67. The second-order valence-corrected chi connectivity index (χ2v) is 6.97. The fourth-order valence-corrected chi connectivity index (χ4v) is 2.76. The molecule has 0 aromatic rings. The quantitative estimate of drug-likeness (QED) is 0.740. The van der Waals surface area contributed by atoms with Gasteiger partial charge in [-0.2, -0.15) is 0 Å². The van der Waals surface area contributed by atoms with Crippen LogP contribution in [0.5, 0.6) is 0 Å². The van der Waals surface area contributed by atoms with Gasteiger partial charge in [0.15, 0.2) is 0 Å². The summed E-state index contributed by atoms with van der Waals surface area (Å²) in [5.41, 5.74) is -0.0731. The summed E-state index contributed by atoms with van der Waals surface area (Å²) < 4.78 is 5.67. The lowest BCUT2D eigenvalue weighted by Gasteiger charge is -2.35. The Balaban J connectivity index is 2.49. The summed E-state index contributed by atoms with van der Waals surface area (Å²) in [6.45, 7) is 10.3. The molecule has 0 saturated carbocycles. The van der Waals surface area contributed by atoms with Crippen molar-refractivity contribution in [3.63, 3.8) is 0 Å². The van der Waals surface area contributed by atoms with Gasteiger partial charge in [0.2, 0.25) is 0 Å². The Morgan fingerprint density at radius 2 is 1.85 bits per heavy atom.